The highest BCUT2D eigenvalue weighted by molar-refractivity contribution is 9.13. The van der Waals surface area contributed by atoms with Crippen molar-refractivity contribution < 1.29 is 0 Å². The van der Waals surface area contributed by atoms with Crippen LogP contribution in [0.5, 0.6) is 0 Å². The van der Waals surface area contributed by atoms with Crippen LogP contribution in [-0.2, 0) is 0 Å². The highest BCUT2D eigenvalue weighted by atomic mass is 79.9. The predicted octanol–water partition coefficient (Wildman–Crippen LogP) is 2.90. The third-order valence-corrected chi connectivity index (χ3v) is 2.79. The lowest BCUT2D eigenvalue weighted by Crippen LogP contribution is -1.75. The zero-order valence-corrected chi connectivity index (χ0v) is 8.37. The number of thiol groups is 1. The van der Waals surface area contributed by atoms with Gasteiger partial charge in [-0.3, -0.25) is 0 Å². The standard InChI is InChI=1S/C5H3Br2NS/c6-4-1-3(9)2-8-5(4)7/h1-2,9H. The second-order valence-corrected chi connectivity index (χ2v) is 3.59. The lowest BCUT2D eigenvalue weighted by atomic mass is 10.5. The average molecular weight is 269 g/mol. The molecule has 9 heavy (non-hydrogen) atoms. The Bertz CT molecular complexity index is 226. The molecule has 0 aliphatic heterocycles. The van der Waals surface area contributed by atoms with Crippen LogP contribution in [0, 0.1) is 0 Å². The van der Waals surface area contributed by atoms with E-state index in [-0.39, 0.29) is 0 Å². The van der Waals surface area contributed by atoms with Gasteiger partial charge in [-0.2, -0.15) is 0 Å². The van der Waals surface area contributed by atoms with E-state index in [1.807, 2.05) is 6.07 Å². The maximum absolute atomic E-state index is 4.09. The predicted molar refractivity (Wildman–Crippen MR) is 46.9 cm³/mol. The molecule has 0 radical (unpaired) electrons. The van der Waals surface area contributed by atoms with Gasteiger partial charge in [0.05, 0.1) is 4.47 Å². The molecule has 0 N–H and O–H groups in total. The number of hydrogen-bond acceptors (Lipinski definition) is 2. The van der Waals surface area contributed by atoms with Crippen molar-refractivity contribution in [1.82, 2.24) is 4.98 Å². The summed E-state index contributed by atoms with van der Waals surface area (Å²) in [5.41, 5.74) is 0. The van der Waals surface area contributed by atoms with E-state index in [0.29, 0.717) is 0 Å². The Morgan fingerprint density at radius 1 is 1.44 bits per heavy atom. The second-order valence-electron chi connectivity index (χ2n) is 1.47. The first-order valence-electron chi connectivity index (χ1n) is 2.20. The van der Waals surface area contributed by atoms with Gasteiger partial charge in [0.15, 0.2) is 0 Å². The molecule has 0 amide bonds. The van der Waals surface area contributed by atoms with E-state index in [0.717, 1.165) is 14.0 Å². The molecular weight excluding hydrogens is 266 g/mol. The Balaban J connectivity index is 3.17. The van der Waals surface area contributed by atoms with Gasteiger partial charge in [0.1, 0.15) is 4.60 Å². The van der Waals surface area contributed by atoms with Gasteiger partial charge in [-0.05, 0) is 37.9 Å². The monoisotopic (exact) mass is 267 g/mol. The molecule has 0 unspecified atom stereocenters. The summed E-state index contributed by atoms with van der Waals surface area (Å²) in [7, 11) is 0. The van der Waals surface area contributed by atoms with Crippen LogP contribution in [0.1, 0.15) is 0 Å². The highest BCUT2D eigenvalue weighted by Gasteiger charge is 1.94. The smallest absolute Gasteiger partial charge is 0.120 e. The van der Waals surface area contributed by atoms with E-state index in [9.17, 15) is 0 Å². The van der Waals surface area contributed by atoms with Crippen molar-refractivity contribution in [2.45, 2.75) is 4.90 Å². The summed E-state index contributed by atoms with van der Waals surface area (Å²) >= 11 is 10.6. The molecular formula is C5H3Br2NS. The van der Waals surface area contributed by atoms with Gasteiger partial charge in [-0.1, -0.05) is 0 Å². The van der Waals surface area contributed by atoms with Gasteiger partial charge in [0.2, 0.25) is 0 Å². The molecule has 1 aromatic heterocycles. The second kappa shape index (κ2) is 3.03. The fraction of sp³-hybridized carbons (Fsp3) is 0. The SMILES string of the molecule is Sc1cnc(Br)c(Br)c1. The molecule has 0 aromatic carbocycles. The normalized spacial score (nSPS) is 9.67. The highest BCUT2D eigenvalue weighted by Crippen LogP contribution is 2.21. The number of aromatic nitrogens is 1. The molecule has 1 aromatic rings. The zero-order chi connectivity index (χ0) is 6.85. The molecule has 4 heteroatoms. The van der Waals surface area contributed by atoms with Crippen LogP contribution in [0.25, 0.3) is 0 Å². The van der Waals surface area contributed by atoms with Gasteiger partial charge in [0.25, 0.3) is 0 Å². The summed E-state index contributed by atoms with van der Waals surface area (Å²) in [6.07, 6.45) is 1.68. The minimum atomic E-state index is 0.806. The fourth-order valence-electron chi connectivity index (χ4n) is 0.411. The molecule has 0 spiro atoms. The summed E-state index contributed by atoms with van der Waals surface area (Å²) in [6, 6.07) is 1.88. The van der Waals surface area contributed by atoms with Gasteiger partial charge in [0, 0.05) is 11.1 Å². The van der Waals surface area contributed by atoms with E-state index in [4.69, 9.17) is 0 Å². The number of hydrogen-bond donors (Lipinski definition) is 1. The summed E-state index contributed by atoms with van der Waals surface area (Å²) < 4.78 is 1.73. The number of nitrogens with zero attached hydrogens (tertiary/aromatic N) is 1. The molecule has 48 valence electrons. The van der Waals surface area contributed by atoms with E-state index in [1.54, 1.807) is 6.20 Å². The van der Waals surface area contributed by atoms with Crippen LogP contribution in [-0.4, -0.2) is 4.98 Å². The number of rotatable bonds is 0. The molecule has 1 heterocycles. The molecule has 0 fully saturated rings. The van der Waals surface area contributed by atoms with Crippen LogP contribution in [0.2, 0.25) is 0 Å². The van der Waals surface area contributed by atoms with Gasteiger partial charge in [-0.25, -0.2) is 4.98 Å². The zero-order valence-electron chi connectivity index (χ0n) is 4.31. The third-order valence-electron chi connectivity index (χ3n) is 0.782. The van der Waals surface area contributed by atoms with Crippen molar-refractivity contribution in [1.29, 1.82) is 0 Å². The van der Waals surface area contributed by atoms with Crippen molar-refractivity contribution in [2.24, 2.45) is 0 Å². The Morgan fingerprint density at radius 3 is 2.56 bits per heavy atom. The third kappa shape index (κ3) is 1.95. The molecule has 0 aliphatic carbocycles. The first-order valence-corrected chi connectivity index (χ1v) is 4.23. The molecule has 1 rings (SSSR count). The van der Waals surface area contributed by atoms with Crippen LogP contribution in [0.3, 0.4) is 0 Å². The number of halogens is 2. The Morgan fingerprint density at radius 2 is 2.11 bits per heavy atom. The van der Waals surface area contributed by atoms with Crippen molar-refractivity contribution in [3.63, 3.8) is 0 Å². The summed E-state index contributed by atoms with van der Waals surface area (Å²) in [5, 5.41) is 0. The Labute approximate surface area is 75.5 Å². The lowest BCUT2D eigenvalue weighted by Gasteiger charge is -1.93. The summed E-state index contributed by atoms with van der Waals surface area (Å²) in [5.74, 6) is 0. The van der Waals surface area contributed by atoms with Crippen molar-refractivity contribution in [2.75, 3.05) is 0 Å². The maximum Gasteiger partial charge on any atom is 0.120 e. The van der Waals surface area contributed by atoms with Crippen molar-refractivity contribution >= 4 is 44.5 Å². The van der Waals surface area contributed by atoms with Crippen molar-refractivity contribution in [3.8, 4) is 0 Å². The minimum absolute atomic E-state index is 0.806. The Kier molecular flexibility index (Phi) is 2.55. The Hall–Kier alpha value is 0.460. The van der Waals surface area contributed by atoms with Crippen LogP contribution in [0.15, 0.2) is 26.2 Å². The van der Waals surface area contributed by atoms with Gasteiger partial charge in [-0.15, -0.1) is 12.6 Å². The maximum atomic E-state index is 4.09. The minimum Gasteiger partial charge on any atom is -0.247 e. The number of pyridine rings is 1. The molecule has 0 saturated heterocycles. The van der Waals surface area contributed by atoms with Gasteiger partial charge >= 0.3 is 0 Å². The topological polar surface area (TPSA) is 12.9 Å². The van der Waals surface area contributed by atoms with E-state index >= 15 is 0 Å². The quantitative estimate of drug-likeness (QED) is 0.564. The largest absolute Gasteiger partial charge is 0.247 e. The average Bonchev–Trinajstić information content (AvgIpc) is 1.80. The van der Waals surface area contributed by atoms with E-state index in [2.05, 4.69) is 49.5 Å². The molecule has 0 aliphatic rings. The lowest BCUT2D eigenvalue weighted by molar-refractivity contribution is 1.18. The van der Waals surface area contributed by atoms with Gasteiger partial charge < -0.3 is 0 Å². The van der Waals surface area contributed by atoms with Crippen LogP contribution in [0.4, 0.5) is 0 Å². The first kappa shape index (κ1) is 7.57. The first-order chi connectivity index (χ1) is 4.20. The van der Waals surface area contributed by atoms with Crippen LogP contribution >= 0.6 is 44.5 Å². The molecule has 0 bridgehead atoms. The summed E-state index contributed by atoms with van der Waals surface area (Å²) in [4.78, 5) is 4.82. The molecule has 0 atom stereocenters. The summed E-state index contributed by atoms with van der Waals surface area (Å²) in [6.45, 7) is 0. The van der Waals surface area contributed by atoms with E-state index < -0.39 is 0 Å². The fourth-order valence-corrected chi connectivity index (χ4v) is 1.34. The van der Waals surface area contributed by atoms with Crippen molar-refractivity contribution in [3.05, 3.63) is 21.3 Å². The molecule has 1 nitrogen and oxygen atoms in total. The van der Waals surface area contributed by atoms with E-state index in [1.165, 1.54) is 0 Å². The molecule has 0 saturated carbocycles. The van der Waals surface area contributed by atoms with Crippen LogP contribution < -0.4 is 0 Å².